The SMILES string of the molecule is CC(C)(C)OC(=O)NCc1ccc(-c2ccnc(NC(=O)C3CC3)c2)c(F)c1Cl. The highest BCUT2D eigenvalue weighted by molar-refractivity contribution is 6.31. The van der Waals surface area contributed by atoms with Gasteiger partial charge in [-0.2, -0.15) is 0 Å². The summed E-state index contributed by atoms with van der Waals surface area (Å²) in [7, 11) is 0. The summed E-state index contributed by atoms with van der Waals surface area (Å²) in [6, 6.07) is 6.46. The third kappa shape index (κ3) is 5.67. The summed E-state index contributed by atoms with van der Waals surface area (Å²) in [4.78, 5) is 27.8. The zero-order valence-electron chi connectivity index (χ0n) is 16.5. The fraction of sp³-hybridized carbons (Fsp3) is 0.381. The first-order chi connectivity index (χ1) is 13.6. The molecule has 2 N–H and O–H groups in total. The third-order valence-electron chi connectivity index (χ3n) is 4.25. The van der Waals surface area contributed by atoms with E-state index in [2.05, 4.69) is 15.6 Å². The van der Waals surface area contributed by atoms with Gasteiger partial charge in [-0.15, -0.1) is 0 Å². The van der Waals surface area contributed by atoms with Gasteiger partial charge in [-0.25, -0.2) is 14.2 Å². The Morgan fingerprint density at radius 3 is 2.66 bits per heavy atom. The van der Waals surface area contributed by atoms with Gasteiger partial charge >= 0.3 is 6.09 Å². The minimum absolute atomic E-state index is 0.0317. The predicted octanol–water partition coefficient (Wildman–Crippen LogP) is 4.91. The van der Waals surface area contributed by atoms with Crippen LogP contribution in [0, 0.1) is 11.7 Å². The van der Waals surface area contributed by atoms with Crippen molar-refractivity contribution in [3.63, 3.8) is 0 Å². The van der Waals surface area contributed by atoms with Gasteiger partial charge in [0.15, 0.2) is 0 Å². The number of halogens is 2. The van der Waals surface area contributed by atoms with Crippen LogP contribution in [0.3, 0.4) is 0 Å². The van der Waals surface area contributed by atoms with E-state index in [1.54, 1.807) is 45.0 Å². The second-order valence-corrected chi connectivity index (χ2v) is 8.33. The molecule has 0 atom stereocenters. The molecule has 1 heterocycles. The van der Waals surface area contributed by atoms with Gasteiger partial charge in [0.2, 0.25) is 5.91 Å². The van der Waals surface area contributed by atoms with Gasteiger partial charge in [0, 0.05) is 24.2 Å². The highest BCUT2D eigenvalue weighted by atomic mass is 35.5. The minimum Gasteiger partial charge on any atom is -0.444 e. The summed E-state index contributed by atoms with van der Waals surface area (Å²) in [5.74, 6) is -0.272. The Morgan fingerprint density at radius 2 is 2.00 bits per heavy atom. The van der Waals surface area contributed by atoms with Gasteiger partial charge in [0.1, 0.15) is 17.2 Å². The molecule has 0 aliphatic heterocycles. The molecule has 0 bridgehead atoms. The van der Waals surface area contributed by atoms with Crippen molar-refractivity contribution in [2.75, 3.05) is 5.32 Å². The molecule has 154 valence electrons. The number of rotatable bonds is 5. The Morgan fingerprint density at radius 1 is 1.28 bits per heavy atom. The number of nitrogens with zero attached hydrogens (tertiary/aromatic N) is 1. The number of carbonyl (C=O) groups excluding carboxylic acids is 2. The number of ether oxygens (including phenoxy) is 1. The molecule has 1 aliphatic carbocycles. The number of pyridine rings is 1. The summed E-state index contributed by atoms with van der Waals surface area (Å²) < 4.78 is 20.1. The quantitative estimate of drug-likeness (QED) is 0.721. The average Bonchev–Trinajstić information content (AvgIpc) is 3.47. The van der Waals surface area contributed by atoms with E-state index in [9.17, 15) is 14.0 Å². The molecule has 0 unspecified atom stereocenters. The Balaban J connectivity index is 1.73. The van der Waals surface area contributed by atoms with Gasteiger partial charge < -0.3 is 15.4 Å². The first kappa shape index (κ1) is 21.0. The number of anilines is 1. The maximum Gasteiger partial charge on any atom is 0.407 e. The van der Waals surface area contributed by atoms with Crippen LogP contribution in [0.1, 0.15) is 39.2 Å². The number of alkyl carbamates (subject to hydrolysis) is 1. The van der Waals surface area contributed by atoms with Gasteiger partial charge in [-0.05, 0) is 56.9 Å². The smallest absolute Gasteiger partial charge is 0.407 e. The van der Waals surface area contributed by atoms with Crippen molar-refractivity contribution in [3.05, 3.63) is 46.9 Å². The topological polar surface area (TPSA) is 80.3 Å². The van der Waals surface area contributed by atoms with E-state index in [1.165, 1.54) is 6.20 Å². The van der Waals surface area contributed by atoms with Crippen molar-refractivity contribution >= 4 is 29.4 Å². The van der Waals surface area contributed by atoms with E-state index >= 15 is 0 Å². The molecule has 2 aromatic rings. The lowest BCUT2D eigenvalue weighted by Crippen LogP contribution is -2.32. The standard InChI is InChI=1S/C21H23ClFN3O3/c1-21(2,3)29-20(28)25-11-14-6-7-15(18(23)17(14)22)13-8-9-24-16(10-13)26-19(27)12-4-5-12/h6-10,12H,4-5,11H2,1-3H3,(H,25,28)(H,24,26,27). The van der Waals surface area contributed by atoms with Crippen molar-refractivity contribution in [1.82, 2.24) is 10.3 Å². The molecule has 0 radical (unpaired) electrons. The summed E-state index contributed by atoms with van der Waals surface area (Å²) in [5, 5.41) is 5.22. The normalized spacial score (nSPS) is 13.7. The first-order valence-corrected chi connectivity index (χ1v) is 9.73. The van der Waals surface area contributed by atoms with Crippen molar-refractivity contribution < 1.29 is 18.7 Å². The van der Waals surface area contributed by atoms with Crippen LogP contribution in [0.4, 0.5) is 15.0 Å². The fourth-order valence-corrected chi connectivity index (χ4v) is 2.90. The molecule has 3 rings (SSSR count). The molecular formula is C21H23ClFN3O3. The second kappa shape index (κ2) is 8.37. The van der Waals surface area contributed by atoms with E-state index in [4.69, 9.17) is 16.3 Å². The monoisotopic (exact) mass is 419 g/mol. The number of carbonyl (C=O) groups is 2. The number of aromatic nitrogens is 1. The summed E-state index contributed by atoms with van der Waals surface area (Å²) in [5.41, 5.74) is 0.615. The average molecular weight is 420 g/mol. The van der Waals surface area contributed by atoms with Crippen LogP contribution in [0.2, 0.25) is 5.02 Å². The van der Waals surface area contributed by atoms with Gasteiger partial charge in [-0.3, -0.25) is 4.79 Å². The van der Waals surface area contributed by atoms with Crippen LogP contribution in [0.15, 0.2) is 30.5 Å². The first-order valence-electron chi connectivity index (χ1n) is 9.35. The molecule has 1 aromatic heterocycles. The summed E-state index contributed by atoms with van der Waals surface area (Å²) in [6.07, 6.45) is 2.66. The van der Waals surface area contributed by atoms with E-state index in [-0.39, 0.29) is 29.0 Å². The molecule has 1 aliphatic rings. The lowest BCUT2D eigenvalue weighted by atomic mass is 10.0. The second-order valence-electron chi connectivity index (χ2n) is 7.95. The maximum absolute atomic E-state index is 14.9. The number of amides is 2. The highest BCUT2D eigenvalue weighted by Crippen LogP contribution is 2.32. The van der Waals surface area contributed by atoms with E-state index in [1.807, 2.05) is 0 Å². The van der Waals surface area contributed by atoms with Crippen molar-refractivity contribution in [2.24, 2.45) is 5.92 Å². The van der Waals surface area contributed by atoms with Gasteiger partial charge in [-0.1, -0.05) is 23.7 Å². The van der Waals surface area contributed by atoms with Crippen LogP contribution in [-0.2, 0) is 16.1 Å². The molecule has 1 aromatic carbocycles. The lowest BCUT2D eigenvalue weighted by molar-refractivity contribution is -0.117. The van der Waals surface area contributed by atoms with Crippen LogP contribution in [-0.4, -0.2) is 22.6 Å². The van der Waals surface area contributed by atoms with Gasteiger partial charge in [0.05, 0.1) is 5.02 Å². The van der Waals surface area contributed by atoms with E-state index < -0.39 is 17.5 Å². The molecule has 1 saturated carbocycles. The Kier molecular flexibility index (Phi) is 6.07. The van der Waals surface area contributed by atoms with Crippen LogP contribution >= 0.6 is 11.6 Å². The lowest BCUT2D eigenvalue weighted by Gasteiger charge is -2.20. The van der Waals surface area contributed by atoms with Crippen molar-refractivity contribution in [1.29, 1.82) is 0 Å². The van der Waals surface area contributed by atoms with Crippen LogP contribution < -0.4 is 10.6 Å². The van der Waals surface area contributed by atoms with Crippen LogP contribution in [0.25, 0.3) is 11.1 Å². The molecule has 0 spiro atoms. The highest BCUT2D eigenvalue weighted by Gasteiger charge is 2.29. The molecule has 1 fully saturated rings. The molecule has 29 heavy (non-hydrogen) atoms. The maximum atomic E-state index is 14.9. The zero-order valence-corrected chi connectivity index (χ0v) is 17.3. The largest absolute Gasteiger partial charge is 0.444 e. The zero-order chi connectivity index (χ0) is 21.2. The predicted molar refractivity (Wildman–Crippen MR) is 109 cm³/mol. The number of nitrogens with one attached hydrogen (secondary N) is 2. The Labute approximate surface area is 173 Å². The van der Waals surface area contributed by atoms with Crippen molar-refractivity contribution in [2.45, 2.75) is 45.8 Å². The number of hydrogen-bond donors (Lipinski definition) is 2. The number of hydrogen-bond acceptors (Lipinski definition) is 4. The summed E-state index contributed by atoms with van der Waals surface area (Å²) in [6.45, 7) is 5.29. The fourth-order valence-electron chi connectivity index (χ4n) is 2.67. The third-order valence-corrected chi connectivity index (χ3v) is 4.66. The molecule has 0 saturated heterocycles. The minimum atomic E-state index is -0.628. The van der Waals surface area contributed by atoms with E-state index in [0.29, 0.717) is 16.9 Å². The van der Waals surface area contributed by atoms with E-state index in [0.717, 1.165) is 12.8 Å². The van der Waals surface area contributed by atoms with Crippen LogP contribution in [0.5, 0.6) is 0 Å². The van der Waals surface area contributed by atoms with Gasteiger partial charge in [0.25, 0.3) is 0 Å². The summed E-state index contributed by atoms with van der Waals surface area (Å²) >= 11 is 6.19. The Hall–Kier alpha value is -2.67. The molecule has 8 heteroatoms. The molecule has 6 nitrogen and oxygen atoms in total. The Bertz CT molecular complexity index is 939. The molecular weight excluding hydrogens is 397 g/mol. The van der Waals surface area contributed by atoms with Crippen molar-refractivity contribution in [3.8, 4) is 11.1 Å². The number of benzene rings is 1. The molecule has 2 amide bonds.